The lowest BCUT2D eigenvalue weighted by molar-refractivity contribution is -0.143. The molecular weight excluding hydrogens is 483 g/mol. The molecule has 0 atom stereocenters. The van der Waals surface area contributed by atoms with Gasteiger partial charge in [0.2, 0.25) is 0 Å². The first-order valence-corrected chi connectivity index (χ1v) is 10.8. The third-order valence-corrected chi connectivity index (χ3v) is 5.50. The second-order valence-corrected chi connectivity index (χ2v) is 8.03. The fourth-order valence-corrected chi connectivity index (χ4v) is 3.72. The van der Waals surface area contributed by atoms with E-state index in [-0.39, 0.29) is 12.3 Å². The second-order valence-electron chi connectivity index (χ2n) is 7.18. The largest absolute Gasteiger partial charge is 0.493 e. The number of benzene rings is 2. The number of rotatable bonds is 9. The summed E-state index contributed by atoms with van der Waals surface area (Å²) in [5, 5.41) is 3.47. The van der Waals surface area contributed by atoms with Crippen LogP contribution in [-0.4, -0.2) is 43.6 Å². The molecule has 2 aromatic carbocycles. The minimum Gasteiger partial charge on any atom is -0.493 e. The van der Waals surface area contributed by atoms with Gasteiger partial charge >= 0.3 is 12.0 Å². The zero-order valence-electron chi connectivity index (χ0n) is 18.5. The maximum absolute atomic E-state index is 12.6. The number of hydrogen-bond acceptors (Lipinski definition) is 6. The molecule has 1 aliphatic heterocycles. The second kappa shape index (κ2) is 11.1. The first-order valence-electron chi connectivity index (χ1n) is 10.1. The number of amides is 3. The number of nitrogens with zero attached hydrogens (tertiary/aromatic N) is 1. The number of allylic oxidation sites excluding steroid dienone is 1. The minimum atomic E-state index is -0.709. The van der Waals surface area contributed by atoms with Crippen LogP contribution in [0.4, 0.5) is 4.79 Å². The van der Waals surface area contributed by atoms with Crippen molar-refractivity contribution in [2.45, 2.75) is 13.0 Å². The van der Waals surface area contributed by atoms with Gasteiger partial charge in [-0.25, -0.2) is 9.69 Å². The van der Waals surface area contributed by atoms with Gasteiger partial charge in [0.05, 0.1) is 14.2 Å². The highest BCUT2D eigenvalue weighted by atomic mass is 35.5. The van der Waals surface area contributed by atoms with Gasteiger partial charge in [0.15, 0.2) is 11.5 Å². The molecule has 8 nitrogen and oxygen atoms in total. The molecule has 0 aromatic heterocycles. The van der Waals surface area contributed by atoms with Crippen molar-refractivity contribution in [3.05, 3.63) is 75.4 Å². The van der Waals surface area contributed by atoms with Crippen LogP contribution < -0.4 is 14.8 Å². The van der Waals surface area contributed by atoms with Crippen molar-refractivity contribution in [3.63, 3.8) is 0 Å². The molecule has 0 radical (unpaired) electrons. The molecule has 2 aromatic rings. The molecule has 34 heavy (non-hydrogen) atoms. The zero-order chi connectivity index (χ0) is 24.8. The molecular formula is C24H22Cl2N2O6. The minimum absolute atomic E-state index is 0.0159. The van der Waals surface area contributed by atoms with Gasteiger partial charge in [0, 0.05) is 21.2 Å². The van der Waals surface area contributed by atoms with E-state index in [0.29, 0.717) is 33.5 Å². The number of carbonyl (C=O) groups excluding carboxylic acids is 3. The summed E-state index contributed by atoms with van der Waals surface area (Å²) in [6, 6.07) is 7.88. The Balaban J connectivity index is 1.91. The standard InChI is InChI=1S/C24H22Cl2N2O6/c1-4-5-15-8-14(9-19-23(30)28(24(31)27-19)12-21(29)33-3)10-20(32-2)22(15)34-13-16-6-7-17(25)11-18(16)26/h4,6-11H,1,5,12-13H2,2-3H3,(H,27,31)/b19-9+. The van der Waals surface area contributed by atoms with E-state index in [1.807, 2.05) is 0 Å². The highest BCUT2D eigenvalue weighted by molar-refractivity contribution is 6.35. The monoisotopic (exact) mass is 504 g/mol. The number of ether oxygens (including phenoxy) is 3. The molecule has 10 heteroatoms. The molecule has 1 saturated heterocycles. The molecule has 3 rings (SSSR count). The van der Waals surface area contributed by atoms with E-state index in [0.717, 1.165) is 16.0 Å². The summed E-state index contributed by atoms with van der Waals surface area (Å²) in [4.78, 5) is 37.0. The van der Waals surface area contributed by atoms with Crippen LogP contribution in [0.15, 0.2) is 48.7 Å². The van der Waals surface area contributed by atoms with Crippen LogP contribution in [0.1, 0.15) is 16.7 Å². The lowest BCUT2D eigenvalue weighted by Crippen LogP contribution is -2.36. The predicted octanol–water partition coefficient (Wildman–Crippen LogP) is 4.38. The van der Waals surface area contributed by atoms with Crippen LogP contribution in [0.3, 0.4) is 0 Å². The summed E-state index contributed by atoms with van der Waals surface area (Å²) in [5.74, 6) is -0.441. The van der Waals surface area contributed by atoms with Gasteiger partial charge < -0.3 is 19.5 Å². The van der Waals surface area contributed by atoms with Crippen molar-refractivity contribution < 1.29 is 28.6 Å². The van der Waals surface area contributed by atoms with Crippen LogP contribution >= 0.6 is 23.2 Å². The van der Waals surface area contributed by atoms with E-state index in [9.17, 15) is 14.4 Å². The summed E-state index contributed by atoms with van der Waals surface area (Å²) in [5.41, 5.74) is 2.08. The van der Waals surface area contributed by atoms with Gasteiger partial charge in [0.1, 0.15) is 18.8 Å². The van der Waals surface area contributed by atoms with E-state index < -0.39 is 24.5 Å². The fourth-order valence-electron chi connectivity index (χ4n) is 3.25. The quantitative estimate of drug-likeness (QED) is 0.235. The molecule has 1 aliphatic rings. The molecule has 1 heterocycles. The number of carbonyl (C=O) groups is 3. The van der Waals surface area contributed by atoms with Crippen molar-refractivity contribution in [3.8, 4) is 11.5 Å². The van der Waals surface area contributed by atoms with Crippen LogP contribution in [0, 0.1) is 0 Å². The van der Waals surface area contributed by atoms with Crippen molar-refractivity contribution >= 4 is 47.2 Å². The normalized spacial score (nSPS) is 14.2. The molecule has 0 bridgehead atoms. The smallest absolute Gasteiger partial charge is 0.329 e. The maximum Gasteiger partial charge on any atom is 0.329 e. The Kier molecular flexibility index (Phi) is 8.20. The number of imide groups is 1. The van der Waals surface area contributed by atoms with Gasteiger partial charge in [-0.2, -0.15) is 0 Å². The Bertz CT molecular complexity index is 1180. The zero-order valence-corrected chi connectivity index (χ0v) is 20.0. The Labute approximate surface area is 206 Å². The van der Waals surface area contributed by atoms with E-state index in [1.165, 1.54) is 20.3 Å². The Morgan fingerprint density at radius 2 is 1.91 bits per heavy atom. The Morgan fingerprint density at radius 3 is 2.56 bits per heavy atom. The number of halogens is 2. The number of esters is 1. The molecule has 0 aliphatic carbocycles. The topological polar surface area (TPSA) is 94.2 Å². The lowest BCUT2D eigenvalue weighted by Gasteiger charge is -2.16. The maximum atomic E-state index is 12.6. The Morgan fingerprint density at radius 1 is 1.15 bits per heavy atom. The van der Waals surface area contributed by atoms with Crippen molar-refractivity contribution in [2.24, 2.45) is 0 Å². The van der Waals surface area contributed by atoms with Gasteiger partial charge in [-0.3, -0.25) is 9.59 Å². The summed E-state index contributed by atoms with van der Waals surface area (Å²) in [6.45, 7) is 3.48. The molecule has 0 spiro atoms. The third-order valence-electron chi connectivity index (χ3n) is 4.91. The predicted molar refractivity (Wildman–Crippen MR) is 128 cm³/mol. The van der Waals surface area contributed by atoms with Gasteiger partial charge in [0.25, 0.3) is 5.91 Å². The van der Waals surface area contributed by atoms with E-state index in [2.05, 4.69) is 16.6 Å². The molecule has 0 unspecified atom stereocenters. The molecule has 0 saturated carbocycles. The highest BCUT2D eigenvalue weighted by Crippen LogP contribution is 2.35. The lowest BCUT2D eigenvalue weighted by atomic mass is 10.0. The average molecular weight is 505 g/mol. The van der Waals surface area contributed by atoms with E-state index >= 15 is 0 Å². The van der Waals surface area contributed by atoms with Gasteiger partial charge in [-0.05, 0) is 42.3 Å². The first kappa shape index (κ1) is 25.1. The van der Waals surface area contributed by atoms with E-state index in [4.69, 9.17) is 32.7 Å². The average Bonchev–Trinajstić information content (AvgIpc) is 3.06. The third kappa shape index (κ3) is 5.70. The summed E-state index contributed by atoms with van der Waals surface area (Å²) < 4.78 is 16.1. The molecule has 1 fully saturated rings. The van der Waals surface area contributed by atoms with Gasteiger partial charge in [-0.1, -0.05) is 35.3 Å². The summed E-state index contributed by atoms with van der Waals surface area (Å²) >= 11 is 12.2. The number of nitrogens with one attached hydrogen (secondary N) is 1. The number of urea groups is 1. The van der Waals surface area contributed by atoms with Crippen LogP contribution in [-0.2, 0) is 27.4 Å². The highest BCUT2D eigenvalue weighted by Gasteiger charge is 2.35. The van der Waals surface area contributed by atoms with Crippen LogP contribution in [0.25, 0.3) is 6.08 Å². The van der Waals surface area contributed by atoms with Crippen molar-refractivity contribution in [2.75, 3.05) is 20.8 Å². The van der Waals surface area contributed by atoms with Crippen LogP contribution in [0.5, 0.6) is 11.5 Å². The first-order chi connectivity index (χ1) is 16.3. The molecule has 1 N–H and O–H groups in total. The fraction of sp³-hybridized carbons (Fsp3) is 0.208. The molecule has 178 valence electrons. The number of methoxy groups -OCH3 is 2. The van der Waals surface area contributed by atoms with Crippen molar-refractivity contribution in [1.82, 2.24) is 10.2 Å². The van der Waals surface area contributed by atoms with Crippen LogP contribution in [0.2, 0.25) is 10.0 Å². The summed E-state index contributed by atoms with van der Waals surface area (Å²) in [7, 11) is 2.67. The molecule has 3 amide bonds. The Hall–Kier alpha value is -3.49. The summed E-state index contributed by atoms with van der Waals surface area (Å²) in [6.07, 6.45) is 3.65. The van der Waals surface area contributed by atoms with Gasteiger partial charge in [-0.15, -0.1) is 6.58 Å². The van der Waals surface area contributed by atoms with E-state index in [1.54, 1.807) is 36.4 Å². The number of hydrogen-bond donors (Lipinski definition) is 1. The SMILES string of the molecule is C=CCc1cc(/C=C2/NC(=O)N(CC(=O)OC)C2=O)cc(OC)c1OCc1ccc(Cl)cc1Cl. The van der Waals surface area contributed by atoms with Crippen molar-refractivity contribution in [1.29, 1.82) is 0 Å².